The van der Waals surface area contributed by atoms with Crippen molar-refractivity contribution in [3.05, 3.63) is 54.1 Å². The molecule has 0 aliphatic carbocycles. The number of rotatable bonds is 6. The van der Waals surface area contributed by atoms with E-state index in [0.717, 1.165) is 5.56 Å². The SMILES string of the molecule is COc1ccc(NC(=O)C(=O)NCCc2ccc(S(N)(=O)=O)cc2)cc1. The van der Waals surface area contributed by atoms with Crippen molar-refractivity contribution in [2.24, 2.45) is 5.14 Å². The van der Waals surface area contributed by atoms with Gasteiger partial charge in [0.1, 0.15) is 5.75 Å². The minimum Gasteiger partial charge on any atom is -0.497 e. The topological polar surface area (TPSA) is 128 Å². The Morgan fingerprint density at radius 3 is 2.15 bits per heavy atom. The number of anilines is 1. The number of sulfonamides is 1. The van der Waals surface area contributed by atoms with E-state index in [4.69, 9.17) is 9.88 Å². The van der Waals surface area contributed by atoms with Crippen molar-refractivity contribution in [3.63, 3.8) is 0 Å². The van der Waals surface area contributed by atoms with Crippen LogP contribution in [0.2, 0.25) is 0 Å². The van der Waals surface area contributed by atoms with Gasteiger partial charge in [0, 0.05) is 12.2 Å². The van der Waals surface area contributed by atoms with Gasteiger partial charge in [0.05, 0.1) is 12.0 Å². The van der Waals surface area contributed by atoms with E-state index in [0.29, 0.717) is 17.9 Å². The molecular formula is C17H19N3O5S. The molecule has 2 amide bonds. The first-order chi connectivity index (χ1) is 12.3. The fourth-order valence-electron chi connectivity index (χ4n) is 2.11. The number of primary sulfonamides is 1. The quantitative estimate of drug-likeness (QED) is 0.637. The average Bonchev–Trinajstić information content (AvgIpc) is 2.62. The Kier molecular flexibility index (Phi) is 6.31. The van der Waals surface area contributed by atoms with Crippen molar-refractivity contribution >= 4 is 27.5 Å². The fourth-order valence-corrected chi connectivity index (χ4v) is 2.62. The fraction of sp³-hybridized carbons (Fsp3) is 0.176. The third-order valence-corrected chi connectivity index (χ3v) is 4.43. The lowest BCUT2D eigenvalue weighted by Crippen LogP contribution is -2.36. The molecule has 0 radical (unpaired) electrons. The summed E-state index contributed by atoms with van der Waals surface area (Å²) in [6.45, 7) is 0.226. The molecule has 0 bridgehead atoms. The van der Waals surface area contributed by atoms with Crippen molar-refractivity contribution in [2.45, 2.75) is 11.3 Å². The normalized spacial score (nSPS) is 10.8. The Morgan fingerprint density at radius 1 is 1.00 bits per heavy atom. The highest BCUT2D eigenvalue weighted by atomic mass is 32.2. The summed E-state index contributed by atoms with van der Waals surface area (Å²) < 4.78 is 27.4. The Balaban J connectivity index is 1.81. The molecule has 2 aromatic carbocycles. The number of carbonyl (C=O) groups is 2. The Labute approximate surface area is 151 Å². The molecule has 0 saturated carbocycles. The molecule has 9 heteroatoms. The predicted octanol–water partition coefficient (Wildman–Crippen LogP) is 0.640. The highest BCUT2D eigenvalue weighted by Crippen LogP contribution is 2.14. The molecule has 0 aromatic heterocycles. The van der Waals surface area contributed by atoms with Gasteiger partial charge in [-0.25, -0.2) is 13.6 Å². The van der Waals surface area contributed by atoms with Crippen LogP contribution in [-0.2, 0) is 26.0 Å². The minimum absolute atomic E-state index is 0.0177. The van der Waals surface area contributed by atoms with Crippen LogP contribution >= 0.6 is 0 Å². The number of nitrogens with one attached hydrogen (secondary N) is 2. The lowest BCUT2D eigenvalue weighted by molar-refractivity contribution is -0.136. The van der Waals surface area contributed by atoms with Gasteiger partial charge in [-0.15, -0.1) is 0 Å². The van der Waals surface area contributed by atoms with E-state index in [9.17, 15) is 18.0 Å². The molecule has 0 aliphatic heterocycles. The highest BCUT2D eigenvalue weighted by molar-refractivity contribution is 7.89. The zero-order valence-corrected chi connectivity index (χ0v) is 14.9. The van der Waals surface area contributed by atoms with Gasteiger partial charge < -0.3 is 15.4 Å². The number of amides is 2. The molecule has 0 saturated heterocycles. The van der Waals surface area contributed by atoms with Crippen LogP contribution in [0.3, 0.4) is 0 Å². The summed E-state index contributed by atoms with van der Waals surface area (Å²) in [5.74, 6) is -0.900. The van der Waals surface area contributed by atoms with E-state index in [1.54, 1.807) is 36.4 Å². The summed E-state index contributed by atoms with van der Waals surface area (Å²) in [5, 5.41) is 10.0. The van der Waals surface area contributed by atoms with Gasteiger partial charge in [-0.05, 0) is 48.4 Å². The first kappa shape index (κ1) is 19.4. The van der Waals surface area contributed by atoms with Gasteiger partial charge in [0.15, 0.2) is 0 Å². The van der Waals surface area contributed by atoms with E-state index in [1.807, 2.05) is 0 Å². The maximum Gasteiger partial charge on any atom is 0.313 e. The van der Waals surface area contributed by atoms with Crippen LogP contribution in [0.4, 0.5) is 5.69 Å². The molecule has 0 spiro atoms. The lowest BCUT2D eigenvalue weighted by atomic mass is 10.1. The predicted molar refractivity (Wildman–Crippen MR) is 96.2 cm³/mol. The van der Waals surface area contributed by atoms with Gasteiger partial charge >= 0.3 is 11.8 Å². The van der Waals surface area contributed by atoms with Crippen molar-refractivity contribution < 1.29 is 22.7 Å². The third-order valence-electron chi connectivity index (χ3n) is 3.51. The molecule has 8 nitrogen and oxygen atoms in total. The van der Waals surface area contributed by atoms with Gasteiger partial charge in [-0.3, -0.25) is 9.59 Å². The van der Waals surface area contributed by atoms with Crippen molar-refractivity contribution in [1.29, 1.82) is 0 Å². The van der Waals surface area contributed by atoms with Crippen LogP contribution < -0.4 is 20.5 Å². The lowest BCUT2D eigenvalue weighted by Gasteiger charge is -2.07. The summed E-state index contributed by atoms with van der Waals surface area (Å²) in [6.07, 6.45) is 0.437. The zero-order valence-electron chi connectivity index (χ0n) is 14.1. The van der Waals surface area contributed by atoms with Gasteiger partial charge in [0.2, 0.25) is 10.0 Å². The second-order valence-corrected chi connectivity index (χ2v) is 6.94. The summed E-state index contributed by atoms with van der Waals surface area (Å²) in [5.41, 5.74) is 1.28. The van der Waals surface area contributed by atoms with Crippen molar-refractivity contribution in [3.8, 4) is 5.75 Å². The molecule has 0 aliphatic rings. The van der Waals surface area contributed by atoms with Gasteiger partial charge in [-0.2, -0.15) is 0 Å². The molecule has 4 N–H and O–H groups in total. The second kappa shape index (κ2) is 8.45. The molecule has 0 heterocycles. The van der Waals surface area contributed by atoms with Crippen molar-refractivity contribution in [2.75, 3.05) is 19.0 Å². The highest BCUT2D eigenvalue weighted by Gasteiger charge is 2.13. The molecule has 2 aromatic rings. The van der Waals surface area contributed by atoms with Crippen LogP contribution in [0.5, 0.6) is 5.75 Å². The first-order valence-electron chi connectivity index (χ1n) is 7.64. The van der Waals surface area contributed by atoms with E-state index in [2.05, 4.69) is 10.6 Å². The third kappa shape index (κ3) is 5.57. The van der Waals surface area contributed by atoms with Crippen LogP contribution in [-0.4, -0.2) is 33.9 Å². The number of benzene rings is 2. The number of methoxy groups -OCH3 is 1. The Morgan fingerprint density at radius 2 is 1.62 bits per heavy atom. The van der Waals surface area contributed by atoms with Crippen LogP contribution in [0.1, 0.15) is 5.56 Å². The summed E-state index contributed by atoms with van der Waals surface area (Å²) in [6, 6.07) is 12.6. The largest absolute Gasteiger partial charge is 0.497 e. The van der Waals surface area contributed by atoms with E-state index < -0.39 is 21.8 Å². The molecule has 0 atom stereocenters. The summed E-state index contributed by atoms with van der Waals surface area (Å²) in [7, 11) is -2.20. The van der Waals surface area contributed by atoms with Crippen LogP contribution in [0, 0.1) is 0 Å². The van der Waals surface area contributed by atoms with E-state index in [-0.39, 0.29) is 11.4 Å². The summed E-state index contributed by atoms with van der Waals surface area (Å²) >= 11 is 0. The monoisotopic (exact) mass is 377 g/mol. The Bertz CT molecular complexity index is 878. The van der Waals surface area contributed by atoms with Gasteiger partial charge in [-0.1, -0.05) is 12.1 Å². The molecule has 0 fully saturated rings. The second-order valence-electron chi connectivity index (χ2n) is 5.38. The summed E-state index contributed by atoms with van der Waals surface area (Å²) in [4.78, 5) is 23.6. The van der Waals surface area contributed by atoms with Crippen LogP contribution in [0.15, 0.2) is 53.4 Å². The molecular weight excluding hydrogens is 358 g/mol. The maximum atomic E-state index is 11.8. The van der Waals surface area contributed by atoms with Crippen molar-refractivity contribution in [1.82, 2.24) is 5.32 Å². The molecule has 0 unspecified atom stereocenters. The minimum atomic E-state index is -3.73. The standard InChI is InChI=1S/C17H19N3O5S/c1-25-14-6-4-13(5-7-14)20-17(22)16(21)19-11-10-12-2-8-15(9-3-12)26(18,23)24/h2-9H,10-11H2,1H3,(H,19,21)(H,20,22)(H2,18,23,24). The smallest absolute Gasteiger partial charge is 0.313 e. The van der Waals surface area contributed by atoms with E-state index >= 15 is 0 Å². The molecule has 26 heavy (non-hydrogen) atoms. The molecule has 2 rings (SSSR count). The maximum absolute atomic E-state index is 11.8. The average molecular weight is 377 g/mol. The van der Waals surface area contributed by atoms with Gasteiger partial charge in [0.25, 0.3) is 0 Å². The molecule has 138 valence electrons. The van der Waals surface area contributed by atoms with Crippen LogP contribution in [0.25, 0.3) is 0 Å². The number of hydrogen-bond acceptors (Lipinski definition) is 5. The number of hydrogen-bond donors (Lipinski definition) is 3. The van der Waals surface area contributed by atoms with E-state index in [1.165, 1.54) is 19.2 Å². The number of ether oxygens (including phenoxy) is 1. The first-order valence-corrected chi connectivity index (χ1v) is 9.19. The number of carbonyl (C=O) groups excluding carboxylic acids is 2. The zero-order chi connectivity index (χ0) is 19.2. The number of nitrogens with two attached hydrogens (primary N) is 1. The Hall–Kier alpha value is -2.91.